The molecule has 4 rings (SSSR count). The van der Waals surface area contributed by atoms with Crippen molar-refractivity contribution in [3.63, 3.8) is 0 Å². The molecule has 0 aliphatic heterocycles. The number of hydrogen-bond donors (Lipinski definition) is 0. The predicted octanol–water partition coefficient (Wildman–Crippen LogP) is 5.00. The first kappa shape index (κ1) is 19.3. The molecule has 4 aromatic rings. The highest BCUT2D eigenvalue weighted by molar-refractivity contribution is 5.72. The van der Waals surface area contributed by atoms with Crippen LogP contribution < -0.4 is 4.74 Å². The molecule has 0 fully saturated rings. The number of benzene rings is 2. The van der Waals surface area contributed by atoms with Crippen LogP contribution in [-0.2, 0) is 6.61 Å². The van der Waals surface area contributed by atoms with Crippen molar-refractivity contribution in [3.05, 3.63) is 99.1 Å². The highest BCUT2D eigenvalue weighted by Crippen LogP contribution is 2.29. The van der Waals surface area contributed by atoms with E-state index in [9.17, 15) is 10.1 Å². The molecule has 150 valence electrons. The maximum absolute atomic E-state index is 11.4. The maximum atomic E-state index is 11.4. The van der Waals surface area contributed by atoms with Crippen molar-refractivity contribution in [3.8, 4) is 5.75 Å². The fourth-order valence-electron chi connectivity index (χ4n) is 3.12. The molecular formula is C23H20N4O3. The molecule has 7 nitrogen and oxygen atoms in total. The molecule has 0 unspecified atom stereocenters. The topological polar surface area (TPSA) is 82.6 Å². The fourth-order valence-corrected chi connectivity index (χ4v) is 3.12. The van der Waals surface area contributed by atoms with Gasteiger partial charge in [-0.25, -0.2) is 9.97 Å². The Labute approximate surface area is 173 Å². The second-order valence-corrected chi connectivity index (χ2v) is 6.91. The molecule has 2 aromatic heterocycles. The second kappa shape index (κ2) is 8.16. The second-order valence-electron chi connectivity index (χ2n) is 6.91. The summed E-state index contributed by atoms with van der Waals surface area (Å²) in [5, 5.41) is 11.4. The van der Waals surface area contributed by atoms with Gasteiger partial charge in [-0.1, -0.05) is 36.4 Å². The molecule has 30 heavy (non-hydrogen) atoms. The van der Waals surface area contributed by atoms with E-state index in [1.54, 1.807) is 12.1 Å². The number of hydrogen-bond acceptors (Lipinski definition) is 5. The summed E-state index contributed by atoms with van der Waals surface area (Å²) in [7, 11) is 0. The highest BCUT2D eigenvalue weighted by atomic mass is 16.6. The summed E-state index contributed by atoms with van der Waals surface area (Å²) in [5.41, 5.74) is 4.32. The molecule has 0 saturated heterocycles. The van der Waals surface area contributed by atoms with Gasteiger partial charge in [0.25, 0.3) is 0 Å². The zero-order valence-corrected chi connectivity index (χ0v) is 16.6. The van der Waals surface area contributed by atoms with Gasteiger partial charge >= 0.3 is 5.69 Å². The van der Waals surface area contributed by atoms with Crippen molar-refractivity contribution in [2.45, 2.75) is 20.5 Å². The zero-order chi connectivity index (χ0) is 21.1. The molecule has 0 aliphatic carbocycles. The minimum Gasteiger partial charge on any atom is -0.482 e. The number of fused-ring (bicyclic) bond motifs is 1. The molecule has 0 saturated carbocycles. The van der Waals surface area contributed by atoms with E-state index >= 15 is 0 Å². The lowest BCUT2D eigenvalue weighted by Crippen LogP contribution is -1.99. The lowest BCUT2D eigenvalue weighted by atomic mass is 10.1. The van der Waals surface area contributed by atoms with E-state index in [-0.39, 0.29) is 18.0 Å². The molecule has 7 heteroatoms. The Kier molecular flexibility index (Phi) is 5.26. The van der Waals surface area contributed by atoms with Crippen LogP contribution >= 0.6 is 0 Å². The number of nitro benzene ring substituents is 1. The molecule has 0 radical (unpaired) electrons. The van der Waals surface area contributed by atoms with Gasteiger partial charge in [0.05, 0.1) is 10.6 Å². The molecule has 0 spiro atoms. The van der Waals surface area contributed by atoms with Crippen LogP contribution in [0.25, 0.3) is 17.9 Å². The number of aromatic nitrogens is 3. The van der Waals surface area contributed by atoms with E-state index < -0.39 is 4.92 Å². The summed E-state index contributed by atoms with van der Waals surface area (Å²) >= 11 is 0. The number of nitro groups is 1. The van der Waals surface area contributed by atoms with Crippen LogP contribution in [0.2, 0.25) is 0 Å². The van der Waals surface area contributed by atoms with Gasteiger partial charge in [-0.05, 0) is 49.2 Å². The van der Waals surface area contributed by atoms with Gasteiger partial charge in [0.2, 0.25) is 5.78 Å². The first-order valence-electron chi connectivity index (χ1n) is 9.47. The summed E-state index contributed by atoms with van der Waals surface area (Å²) in [5.74, 6) is 0.873. The number of imidazole rings is 1. The van der Waals surface area contributed by atoms with Gasteiger partial charge in [-0.15, -0.1) is 0 Å². The van der Waals surface area contributed by atoms with Crippen LogP contribution in [0.5, 0.6) is 5.75 Å². The molecule has 2 aromatic carbocycles. The Morgan fingerprint density at radius 2 is 1.87 bits per heavy atom. The summed E-state index contributed by atoms with van der Waals surface area (Å²) in [6.45, 7) is 4.15. The third-order valence-corrected chi connectivity index (χ3v) is 4.76. The van der Waals surface area contributed by atoms with Gasteiger partial charge in [0.1, 0.15) is 6.61 Å². The number of nitrogens with zero attached hydrogens (tertiary/aromatic N) is 4. The van der Waals surface area contributed by atoms with Crippen molar-refractivity contribution in [2.24, 2.45) is 0 Å². The van der Waals surface area contributed by atoms with Crippen molar-refractivity contribution in [2.75, 3.05) is 0 Å². The number of aryl methyl sites for hydroxylation is 2. The minimum absolute atomic E-state index is 0.0633. The van der Waals surface area contributed by atoms with Crippen LogP contribution in [0.1, 0.15) is 28.2 Å². The van der Waals surface area contributed by atoms with Crippen LogP contribution in [0.15, 0.2) is 60.8 Å². The monoisotopic (exact) mass is 400 g/mol. The van der Waals surface area contributed by atoms with Crippen molar-refractivity contribution in [1.29, 1.82) is 0 Å². The maximum Gasteiger partial charge on any atom is 0.310 e. The molecule has 0 atom stereocenters. The Morgan fingerprint density at radius 1 is 1.07 bits per heavy atom. The minimum atomic E-state index is -0.436. The van der Waals surface area contributed by atoms with Gasteiger partial charge in [-0.2, -0.15) is 0 Å². The Balaban J connectivity index is 1.61. The standard InChI is InChI=1S/C23H20N4O3/c1-16-12-13-26-17(2)20(25-23(26)24-16)10-8-18-9-11-21(27(28)29)22(14-18)30-15-19-6-4-3-5-7-19/h3-14H,15H2,1-2H3. The van der Waals surface area contributed by atoms with E-state index in [2.05, 4.69) is 9.97 Å². The van der Waals surface area contributed by atoms with Gasteiger partial charge < -0.3 is 4.74 Å². The lowest BCUT2D eigenvalue weighted by molar-refractivity contribution is -0.385. The Morgan fingerprint density at radius 3 is 2.63 bits per heavy atom. The summed E-state index contributed by atoms with van der Waals surface area (Å²) in [6.07, 6.45) is 5.68. The van der Waals surface area contributed by atoms with Crippen LogP contribution in [0.3, 0.4) is 0 Å². The van der Waals surface area contributed by atoms with Crippen molar-refractivity contribution >= 4 is 23.6 Å². The van der Waals surface area contributed by atoms with Gasteiger partial charge in [0.15, 0.2) is 5.75 Å². The molecule has 0 N–H and O–H groups in total. The summed E-state index contributed by atoms with van der Waals surface area (Å²) in [4.78, 5) is 19.9. The predicted molar refractivity (Wildman–Crippen MR) is 115 cm³/mol. The van der Waals surface area contributed by atoms with Crippen LogP contribution in [-0.4, -0.2) is 19.3 Å². The van der Waals surface area contributed by atoms with Gasteiger partial charge in [0, 0.05) is 23.7 Å². The average molecular weight is 400 g/mol. The third kappa shape index (κ3) is 4.05. The summed E-state index contributed by atoms with van der Waals surface area (Å²) in [6, 6.07) is 16.3. The quantitative estimate of drug-likeness (QED) is 0.336. The summed E-state index contributed by atoms with van der Waals surface area (Å²) < 4.78 is 7.68. The molecule has 2 heterocycles. The van der Waals surface area contributed by atoms with E-state index in [4.69, 9.17) is 4.74 Å². The van der Waals surface area contributed by atoms with E-state index in [0.717, 1.165) is 28.2 Å². The third-order valence-electron chi connectivity index (χ3n) is 4.76. The largest absolute Gasteiger partial charge is 0.482 e. The number of ether oxygens (including phenoxy) is 1. The first-order valence-corrected chi connectivity index (χ1v) is 9.47. The average Bonchev–Trinajstić information content (AvgIpc) is 3.06. The van der Waals surface area contributed by atoms with Crippen LogP contribution in [0, 0.1) is 24.0 Å². The van der Waals surface area contributed by atoms with Gasteiger partial charge in [-0.3, -0.25) is 14.5 Å². The Bertz CT molecular complexity index is 1250. The first-order chi connectivity index (χ1) is 14.5. The highest BCUT2D eigenvalue weighted by Gasteiger charge is 2.15. The van der Waals surface area contributed by atoms with Crippen LogP contribution in [0.4, 0.5) is 5.69 Å². The molecule has 0 bridgehead atoms. The fraction of sp³-hybridized carbons (Fsp3) is 0.130. The Hall–Kier alpha value is -4.00. The van der Waals surface area contributed by atoms with Crippen molar-refractivity contribution < 1.29 is 9.66 Å². The SMILES string of the molecule is Cc1ccn2c(C)c(C=Cc3ccc([N+](=O)[O-])c(OCc4ccccc4)c3)nc2n1. The van der Waals surface area contributed by atoms with Crippen molar-refractivity contribution in [1.82, 2.24) is 14.4 Å². The molecular weight excluding hydrogens is 380 g/mol. The zero-order valence-electron chi connectivity index (χ0n) is 16.6. The lowest BCUT2D eigenvalue weighted by Gasteiger charge is -2.08. The smallest absolute Gasteiger partial charge is 0.310 e. The molecule has 0 amide bonds. The van der Waals surface area contributed by atoms with E-state index in [1.807, 2.05) is 73.0 Å². The number of rotatable bonds is 6. The molecule has 0 aliphatic rings. The normalized spacial score (nSPS) is 11.3. The van der Waals surface area contributed by atoms with E-state index in [1.165, 1.54) is 6.07 Å². The van der Waals surface area contributed by atoms with E-state index in [0.29, 0.717) is 5.78 Å².